The molecule has 1 aliphatic heterocycles. The minimum absolute atomic E-state index is 0.0444. The Hall–Kier alpha value is -5.59. The first-order chi connectivity index (χ1) is 25.2. The maximum atomic E-state index is 5.28. The Labute approximate surface area is 305 Å². The van der Waals surface area contributed by atoms with Crippen LogP contribution in [0.25, 0.3) is 71.6 Å². The molecule has 0 aliphatic carbocycles. The predicted molar refractivity (Wildman–Crippen MR) is 222 cm³/mol. The number of hydrogen-bond acceptors (Lipinski definition) is 4. The molecule has 6 heteroatoms. The lowest BCUT2D eigenvalue weighted by atomic mass is 10.0. The van der Waals surface area contributed by atoms with Crippen LogP contribution in [0.2, 0.25) is 0 Å². The highest BCUT2D eigenvalue weighted by molar-refractivity contribution is 7.27. The summed E-state index contributed by atoms with van der Waals surface area (Å²) in [5, 5.41) is 14.0. The maximum absolute atomic E-state index is 5.28. The number of benzene rings is 7. The molecule has 0 saturated heterocycles. The fourth-order valence-corrected chi connectivity index (χ4v) is 11.2. The van der Waals surface area contributed by atoms with Crippen LogP contribution in [0, 0.1) is 0 Å². The Bertz CT molecular complexity index is 3090. The minimum Gasteiger partial charge on any atom is -0.223 e. The Morgan fingerprint density at radius 3 is 2.06 bits per heavy atom. The van der Waals surface area contributed by atoms with E-state index >= 15 is 0 Å². The number of fused-ring (bicyclic) bond motifs is 9. The quantitative estimate of drug-likeness (QED) is 0.176. The second-order valence-corrected chi connectivity index (χ2v) is 16.3. The number of amidine groups is 2. The number of nitrogens with zero attached hydrogens (tertiary/aromatic N) is 1. The van der Waals surface area contributed by atoms with Crippen LogP contribution in [0.3, 0.4) is 0 Å². The van der Waals surface area contributed by atoms with Crippen LogP contribution in [0.1, 0.15) is 22.9 Å². The molecule has 0 spiro atoms. The summed E-state index contributed by atoms with van der Waals surface area (Å²) >= 11 is 5.62. The van der Waals surface area contributed by atoms with Crippen molar-refractivity contribution in [1.29, 1.82) is 0 Å². The first kappa shape index (κ1) is 29.2. The number of nitrogens with two attached hydrogens (primary N) is 1. The molecule has 3 aromatic heterocycles. The van der Waals surface area contributed by atoms with E-state index in [9.17, 15) is 0 Å². The molecule has 3 nitrogen and oxygen atoms in total. The molecular formula is C45H29N3S3+2. The van der Waals surface area contributed by atoms with Gasteiger partial charge in [0.25, 0.3) is 6.17 Å². The van der Waals surface area contributed by atoms with E-state index in [1.807, 2.05) is 34.0 Å². The van der Waals surface area contributed by atoms with Crippen LogP contribution >= 0.6 is 34.0 Å². The van der Waals surface area contributed by atoms with Gasteiger partial charge >= 0.3 is 11.7 Å². The Kier molecular flexibility index (Phi) is 6.56. The third-order valence-electron chi connectivity index (χ3n) is 10.1. The fourth-order valence-electron chi connectivity index (χ4n) is 7.73. The van der Waals surface area contributed by atoms with Crippen molar-refractivity contribution in [3.05, 3.63) is 168 Å². The molecule has 0 bridgehead atoms. The lowest BCUT2D eigenvalue weighted by molar-refractivity contribution is -0.593. The largest absolute Gasteiger partial charge is 0.395 e. The van der Waals surface area contributed by atoms with E-state index in [1.54, 1.807) is 0 Å². The molecule has 10 aromatic rings. The van der Waals surface area contributed by atoms with Crippen LogP contribution in [0.15, 0.2) is 152 Å². The number of quaternary nitrogens is 1. The number of rotatable bonds is 4. The van der Waals surface area contributed by atoms with Gasteiger partial charge in [-0.3, -0.25) is 0 Å². The summed E-state index contributed by atoms with van der Waals surface area (Å²) in [6.07, 6.45) is -0.0444. The highest BCUT2D eigenvalue weighted by Crippen LogP contribution is 2.42. The molecule has 1 atom stereocenters. The standard InChI is InChI=1S/C45H27N3S3/c1-2-10-26(11-3-1)43-46-44(48-45(47-43)34-16-9-19-39-41(34)33-13-5-7-18-37(33)49-39)28-21-23-38-35(24-28)31-22-20-27(25-40(31)50-38)29-14-8-15-32-30-12-4-6-17-36(30)51-42(29)32/h1-25,44H,(H,46,47,48)/p+2. The van der Waals surface area contributed by atoms with Crippen molar-refractivity contribution in [2.45, 2.75) is 6.17 Å². The molecule has 51 heavy (non-hydrogen) atoms. The summed E-state index contributed by atoms with van der Waals surface area (Å²) in [5.41, 5.74) is 6.06. The average molecular weight is 708 g/mol. The maximum Gasteiger partial charge on any atom is 0.395 e. The highest BCUT2D eigenvalue weighted by atomic mass is 32.1. The van der Waals surface area contributed by atoms with Crippen molar-refractivity contribution >= 4 is 106 Å². The SMILES string of the molecule is c1ccc(C2=[N+]=C(c3cccc4sc5ccccc5c34)[NH2+]C(c3ccc4sc5cc(-c6cccc7c6sc6ccccc67)ccc5c4c3)N2)cc1. The number of nitrogens with one attached hydrogen (secondary N) is 1. The van der Waals surface area contributed by atoms with Gasteiger partial charge in [0.05, 0.1) is 11.1 Å². The van der Waals surface area contributed by atoms with E-state index < -0.39 is 0 Å². The van der Waals surface area contributed by atoms with Gasteiger partial charge in [0.2, 0.25) is 0 Å². The van der Waals surface area contributed by atoms with Crippen molar-refractivity contribution < 1.29 is 5.32 Å². The molecule has 4 heterocycles. The van der Waals surface area contributed by atoms with Gasteiger partial charge in [-0.1, -0.05) is 91.0 Å². The van der Waals surface area contributed by atoms with Gasteiger partial charge in [-0.05, 0) is 71.8 Å². The van der Waals surface area contributed by atoms with Crippen LogP contribution < -0.4 is 15.3 Å². The third-order valence-corrected chi connectivity index (χ3v) is 13.6. The molecule has 0 radical (unpaired) electrons. The van der Waals surface area contributed by atoms with Crippen LogP contribution in [0.4, 0.5) is 0 Å². The van der Waals surface area contributed by atoms with Gasteiger partial charge < -0.3 is 0 Å². The molecule has 0 fully saturated rings. The lowest BCUT2D eigenvalue weighted by Gasteiger charge is -2.16. The molecule has 0 amide bonds. The summed E-state index contributed by atoms with van der Waals surface area (Å²) in [6, 6.07) is 55.3. The summed E-state index contributed by atoms with van der Waals surface area (Å²) in [4.78, 5) is 0. The van der Waals surface area contributed by atoms with Crippen molar-refractivity contribution in [3.63, 3.8) is 0 Å². The fraction of sp³-hybridized carbons (Fsp3) is 0.0222. The smallest absolute Gasteiger partial charge is 0.223 e. The Balaban J connectivity index is 1.02. The summed E-state index contributed by atoms with van der Waals surface area (Å²) in [7, 11) is 0. The van der Waals surface area contributed by atoms with E-state index in [4.69, 9.17) is 4.67 Å². The zero-order valence-corrected chi connectivity index (χ0v) is 29.7. The molecule has 1 unspecified atom stereocenters. The second kappa shape index (κ2) is 11.5. The van der Waals surface area contributed by atoms with Gasteiger partial charge in [-0.25, -0.2) is 10.6 Å². The van der Waals surface area contributed by atoms with Crippen molar-refractivity contribution in [2.24, 2.45) is 0 Å². The highest BCUT2D eigenvalue weighted by Gasteiger charge is 2.35. The van der Waals surface area contributed by atoms with Crippen LogP contribution in [-0.4, -0.2) is 11.7 Å². The Morgan fingerprint density at radius 2 is 1.16 bits per heavy atom. The average Bonchev–Trinajstić information content (AvgIpc) is 3.88. The van der Waals surface area contributed by atoms with Crippen molar-refractivity contribution in [2.75, 3.05) is 0 Å². The topological polar surface area (TPSA) is 42.7 Å². The first-order valence-electron chi connectivity index (χ1n) is 17.2. The Morgan fingerprint density at radius 1 is 0.471 bits per heavy atom. The summed E-state index contributed by atoms with van der Waals surface area (Å²) in [6.45, 7) is 0. The van der Waals surface area contributed by atoms with Gasteiger partial charge in [-0.2, -0.15) is 0 Å². The molecule has 7 aromatic carbocycles. The van der Waals surface area contributed by atoms with E-state index in [2.05, 4.69) is 162 Å². The van der Waals surface area contributed by atoms with Crippen molar-refractivity contribution in [3.8, 4) is 11.1 Å². The van der Waals surface area contributed by atoms with E-state index in [1.165, 1.54) is 82.8 Å². The van der Waals surface area contributed by atoms with Crippen LogP contribution in [0.5, 0.6) is 0 Å². The number of hydrogen-bond donors (Lipinski definition) is 2. The van der Waals surface area contributed by atoms with Gasteiger partial charge in [0, 0.05) is 60.5 Å². The monoisotopic (exact) mass is 707 g/mol. The lowest BCUT2D eigenvalue weighted by Crippen LogP contribution is -2.94. The van der Waals surface area contributed by atoms with Crippen molar-refractivity contribution in [1.82, 2.24) is 9.98 Å². The molecule has 0 saturated carbocycles. The van der Waals surface area contributed by atoms with E-state index in [0.29, 0.717) is 0 Å². The summed E-state index contributed by atoms with van der Waals surface area (Å²) < 4.78 is 13.2. The van der Waals surface area contributed by atoms with E-state index in [0.717, 1.165) is 17.2 Å². The molecule has 1 aliphatic rings. The molecular weight excluding hydrogens is 679 g/mol. The van der Waals surface area contributed by atoms with Gasteiger partial charge in [0.1, 0.15) is 5.56 Å². The third kappa shape index (κ3) is 4.70. The first-order valence-corrected chi connectivity index (χ1v) is 19.6. The molecule has 11 rings (SSSR count). The number of thiophene rings is 3. The van der Waals surface area contributed by atoms with Crippen LogP contribution in [-0.2, 0) is 0 Å². The minimum atomic E-state index is -0.0444. The summed E-state index contributed by atoms with van der Waals surface area (Å²) in [5.74, 6) is 1.90. The normalized spacial score (nSPS) is 14.9. The zero-order valence-electron chi connectivity index (χ0n) is 27.3. The van der Waals surface area contributed by atoms with E-state index in [-0.39, 0.29) is 6.17 Å². The predicted octanol–water partition coefficient (Wildman–Crippen LogP) is 10.6. The van der Waals surface area contributed by atoms with Gasteiger partial charge in [-0.15, -0.1) is 38.7 Å². The zero-order chi connectivity index (χ0) is 33.5. The second-order valence-electron chi connectivity index (χ2n) is 13.1. The molecule has 3 N–H and O–H groups in total. The molecule has 240 valence electrons. The van der Waals surface area contributed by atoms with Gasteiger partial charge in [0.15, 0.2) is 0 Å².